The van der Waals surface area contributed by atoms with E-state index in [2.05, 4.69) is 15.8 Å². The lowest BCUT2D eigenvalue weighted by atomic mass is 10.1. The highest BCUT2D eigenvalue weighted by molar-refractivity contribution is 6.00. The van der Waals surface area contributed by atoms with E-state index in [1.165, 1.54) is 0 Å². The maximum atomic E-state index is 12.0. The number of carbonyl (C=O) groups is 2. The van der Waals surface area contributed by atoms with Crippen molar-refractivity contribution in [1.29, 1.82) is 0 Å². The summed E-state index contributed by atoms with van der Waals surface area (Å²) in [7, 11) is 0. The summed E-state index contributed by atoms with van der Waals surface area (Å²) in [6.07, 6.45) is 1.73. The molecule has 2 N–H and O–H groups in total. The molecule has 0 bridgehead atoms. The molecule has 0 saturated carbocycles. The summed E-state index contributed by atoms with van der Waals surface area (Å²) in [6, 6.07) is 21.0. The van der Waals surface area contributed by atoms with Gasteiger partial charge in [-0.3, -0.25) is 9.59 Å². The molecule has 0 atom stereocenters. The van der Waals surface area contributed by atoms with Crippen molar-refractivity contribution in [3.63, 3.8) is 0 Å². The third kappa shape index (κ3) is 5.90. The van der Waals surface area contributed by atoms with Crippen LogP contribution in [0.15, 0.2) is 71.8 Å². The lowest BCUT2D eigenvalue weighted by molar-refractivity contribution is -0.124. The summed E-state index contributed by atoms with van der Waals surface area (Å²) in [5.41, 5.74) is 4.04. The van der Waals surface area contributed by atoms with Crippen LogP contribution in [0.3, 0.4) is 0 Å². The van der Waals surface area contributed by atoms with Gasteiger partial charge in [0.25, 0.3) is 0 Å². The average molecular weight is 389 g/mol. The van der Waals surface area contributed by atoms with Gasteiger partial charge in [0.2, 0.25) is 11.8 Å². The van der Waals surface area contributed by atoms with Gasteiger partial charge in [-0.25, -0.2) is 5.43 Å². The second-order valence-corrected chi connectivity index (χ2v) is 6.37. The third-order valence-corrected chi connectivity index (χ3v) is 4.24. The highest BCUT2D eigenvalue weighted by Crippen LogP contribution is 2.17. The molecule has 148 valence electrons. The summed E-state index contributed by atoms with van der Waals surface area (Å²) in [5.74, 6) is 0.194. The summed E-state index contributed by atoms with van der Waals surface area (Å²) in [6.45, 7) is 2.50. The number of nitrogens with one attached hydrogen (secondary N) is 2. The fourth-order valence-electron chi connectivity index (χ4n) is 2.84. The van der Waals surface area contributed by atoms with Crippen molar-refractivity contribution in [3.05, 3.63) is 72.3 Å². The molecule has 0 spiro atoms. The van der Waals surface area contributed by atoms with Crippen molar-refractivity contribution in [3.8, 4) is 5.75 Å². The number of hydrogen-bond donors (Lipinski definition) is 2. The van der Waals surface area contributed by atoms with Crippen molar-refractivity contribution in [2.45, 2.75) is 19.8 Å². The standard InChI is InChI=1S/C23H23N3O3/c1-2-29-20-12-10-19(11-13-20)25-22(27)14-15-23(28)26-24-16-18-8-5-7-17-6-3-4-9-21(17)18/h3-13,16H,2,14-15H2,1H3,(H,25,27)(H,26,28)/b24-16+. The molecule has 29 heavy (non-hydrogen) atoms. The van der Waals surface area contributed by atoms with Gasteiger partial charge in [-0.1, -0.05) is 42.5 Å². The average Bonchev–Trinajstić information content (AvgIpc) is 2.74. The Kier molecular flexibility index (Phi) is 6.95. The van der Waals surface area contributed by atoms with E-state index < -0.39 is 0 Å². The van der Waals surface area contributed by atoms with Crippen molar-refractivity contribution in [1.82, 2.24) is 5.43 Å². The maximum absolute atomic E-state index is 12.0. The Morgan fingerprint density at radius 3 is 2.45 bits per heavy atom. The minimum Gasteiger partial charge on any atom is -0.494 e. The highest BCUT2D eigenvalue weighted by Gasteiger charge is 2.07. The predicted octanol–water partition coefficient (Wildman–Crippen LogP) is 4.11. The van der Waals surface area contributed by atoms with Crippen LogP contribution in [0.5, 0.6) is 5.75 Å². The zero-order valence-corrected chi connectivity index (χ0v) is 16.2. The molecule has 0 unspecified atom stereocenters. The first-order chi connectivity index (χ1) is 14.2. The van der Waals surface area contributed by atoms with Gasteiger partial charge in [0.1, 0.15) is 5.75 Å². The first kappa shape index (κ1) is 20.1. The Labute approximate surface area is 169 Å². The van der Waals surface area contributed by atoms with Crippen LogP contribution < -0.4 is 15.5 Å². The van der Waals surface area contributed by atoms with Crippen LogP contribution in [0.2, 0.25) is 0 Å². The molecule has 3 aromatic rings. The summed E-state index contributed by atoms with van der Waals surface area (Å²) in [4.78, 5) is 24.0. The summed E-state index contributed by atoms with van der Waals surface area (Å²) >= 11 is 0. The van der Waals surface area contributed by atoms with Gasteiger partial charge >= 0.3 is 0 Å². The smallest absolute Gasteiger partial charge is 0.240 e. The quantitative estimate of drug-likeness (QED) is 0.449. The molecule has 0 heterocycles. The minimum atomic E-state index is -0.316. The Morgan fingerprint density at radius 2 is 1.66 bits per heavy atom. The van der Waals surface area contributed by atoms with Gasteiger partial charge in [0.15, 0.2) is 0 Å². The number of benzene rings is 3. The number of anilines is 1. The van der Waals surface area contributed by atoms with Crippen LogP contribution in [0.4, 0.5) is 5.69 Å². The van der Waals surface area contributed by atoms with Crippen LogP contribution in [-0.2, 0) is 9.59 Å². The first-order valence-electron chi connectivity index (χ1n) is 9.48. The monoisotopic (exact) mass is 389 g/mol. The lowest BCUT2D eigenvalue weighted by Crippen LogP contribution is -2.20. The van der Waals surface area contributed by atoms with E-state index in [0.29, 0.717) is 12.3 Å². The molecule has 0 aliphatic carbocycles. The van der Waals surface area contributed by atoms with Crippen LogP contribution in [-0.4, -0.2) is 24.6 Å². The van der Waals surface area contributed by atoms with E-state index in [9.17, 15) is 9.59 Å². The zero-order chi connectivity index (χ0) is 20.5. The van der Waals surface area contributed by atoms with E-state index in [-0.39, 0.29) is 24.7 Å². The lowest BCUT2D eigenvalue weighted by Gasteiger charge is -2.07. The van der Waals surface area contributed by atoms with Crippen molar-refractivity contribution in [2.75, 3.05) is 11.9 Å². The molecule has 0 aromatic heterocycles. The molecule has 6 nitrogen and oxygen atoms in total. The van der Waals surface area contributed by atoms with E-state index in [4.69, 9.17) is 4.74 Å². The first-order valence-corrected chi connectivity index (χ1v) is 9.48. The molecule has 3 aromatic carbocycles. The van der Waals surface area contributed by atoms with E-state index in [1.54, 1.807) is 30.5 Å². The van der Waals surface area contributed by atoms with Gasteiger partial charge in [0.05, 0.1) is 12.8 Å². The van der Waals surface area contributed by atoms with Crippen LogP contribution in [0.25, 0.3) is 10.8 Å². The number of hydrogen-bond acceptors (Lipinski definition) is 4. The number of rotatable bonds is 8. The number of ether oxygens (including phenoxy) is 1. The molecule has 0 saturated heterocycles. The second-order valence-electron chi connectivity index (χ2n) is 6.37. The van der Waals surface area contributed by atoms with E-state index in [1.807, 2.05) is 49.4 Å². The molecule has 0 fully saturated rings. The number of amides is 2. The summed E-state index contributed by atoms with van der Waals surface area (Å²) in [5, 5.41) is 8.93. The second kappa shape index (κ2) is 10.0. The minimum absolute atomic E-state index is 0.0513. The SMILES string of the molecule is CCOc1ccc(NC(=O)CCC(=O)N/N=C/c2cccc3ccccc23)cc1. The van der Waals surface area contributed by atoms with Crippen molar-refractivity contribution >= 4 is 34.5 Å². The van der Waals surface area contributed by atoms with Gasteiger partial charge < -0.3 is 10.1 Å². The van der Waals surface area contributed by atoms with Crippen LogP contribution in [0.1, 0.15) is 25.3 Å². The Hall–Kier alpha value is -3.67. The fraction of sp³-hybridized carbons (Fsp3) is 0.174. The van der Waals surface area contributed by atoms with Gasteiger partial charge in [-0.2, -0.15) is 5.10 Å². The Balaban J connectivity index is 1.45. The Bertz CT molecular complexity index is 1010. The maximum Gasteiger partial charge on any atom is 0.240 e. The molecule has 0 aliphatic rings. The van der Waals surface area contributed by atoms with Gasteiger partial charge in [-0.15, -0.1) is 0 Å². The van der Waals surface area contributed by atoms with Crippen molar-refractivity contribution in [2.24, 2.45) is 5.10 Å². The summed E-state index contributed by atoms with van der Waals surface area (Å²) < 4.78 is 5.36. The molecular formula is C23H23N3O3. The highest BCUT2D eigenvalue weighted by atomic mass is 16.5. The van der Waals surface area contributed by atoms with Crippen LogP contribution >= 0.6 is 0 Å². The normalized spacial score (nSPS) is 10.8. The zero-order valence-electron chi connectivity index (χ0n) is 16.2. The topological polar surface area (TPSA) is 79.8 Å². The van der Waals surface area contributed by atoms with Gasteiger partial charge in [-0.05, 0) is 42.0 Å². The van der Waals surface area contributed by atoms with Crippen molar-refractivity contribution < 1.29 is 14.3 Å². The third-order valence-electron chi connectivity index (χ3n) is 4.24. The predicted molar refractivity (Wildman–Crippen MR) is 115 cm³/mol. The molecule has 0 radical (unpaired) electrons. The van der Waals surface area contributed by atoms with Crippen LogP contribution in [0, 0.1) is 0 Å². The molecule has 3 rings (SSSR count). The van der Waals surface area contributed by atoms with E-state index >= 15 is 0 Å². The number of hydrazone groups is 1. The van der Waals surface area contributed by atoms with E-state index in [0.717, 1.165) is 22.1 Å². The molecule has 6 heteroatoms. The molecule has 0 aliphatic heterocycles. The fourth-order valence-corrected chi connectivity index (χ4v) is 2.84. The Morgan fingerprint density at radius 1 is 0.931 bits per heavy atom. The molecular weight excluding hydrogens is 366 g/mol. The number of fused-ring (bicyclic) bond motifs is 1. The number of nitrogens with zero attached hydrogens (tertiary/aromatic N) is 1. The number of carbonyl (C=O) groups excluding carboxylic acids is 2. The molecule has 2 amide bonds. The largest absolute Gasteiger partial charge is 0.494 e. The van der Waals surface area contributed by atoms with Gasteiger partial charge in [0, 0.05) is 24.1 Å².